The van der Waals surface area contributed by atoms with Crippen LogP contribution in [0.25, 0.3) is 0 Å². The number of hydrogen-bond donors (Lipinski definition) is 1. The Morgan fingerprint density at radius 2 is 1.83 bits per heavy atom. The van der Waals surface area contributed by atoms with Crippen molar-refractivity contribution in [1.29, 1.82) is 5.26 Å². The lowest BCUT2D eigenvalue weighted by molar-refractivity contribution is 0.156. The fraction of sp³-hybridized carbons (Fsp3) is 0.423. The molecule has 0 radical (unpaired) electrons. The Morgan fingerprint density at radius 3 is 2.58 bits per heavy atom. The number of carbonyl (C=O) groups is 2. The van der Waals surface area contributed by atoms with Crippen LogP contribution >= 0.6 is 0 Å². The molecular weight excluding hydrogens is 468 g/mol. The smallest absolute Gasteiger partial charge is 0.418 e. The highest BCUT2D eigenvalue weighted by Crippen LogP contribution is 2.30. The second kappa shape index (κ2) is 10.1. The van der Waals surface area contributed by atoms with E-state index in [0.29, 0.717) is 23.7 Å². The number of para-hydroxylation sites is 1. The first kappa shape index (κ1) is 24.0. The standard InChI is InChI=1S/C26H27F2N5O3/c27-21-6-5-17(13-22(21)28)24-16-36-26(35)33(24)25(34)30-19-7-10-32(15-19)20-8-11-31(12-9-20)23-4-2-1-3-18(23)14-29/h1-6,13,19-20,24H,7-12,15-16H2,(H,30,34). The number of piperidine rings is 1. The lowest BCUT2D eigenvalue weighted by Gasteiger charge is -2.38. The molecule has 1 N–H and O–H groups in total. The zero-order valence-electron chi connectivity index (χ0n) is 19.7. The summed E-state index contributed by atoms with van der Waals surface area (Å²) in [7, 11) is 0. The van der Waals surface area contributed by atoms with E-state index in [1.165, 1.54) is 6.07 Å². The summed E-state index contributed by atoms with van der Waals surface area (Å²) in [5.41, 5.74) is 1.95. The highest BCUT2D eigenvalue weighted by molar-refractivity contribution is 5.92. The normalized spacial score (nSPS) is 23.0. The van der Waals surface area contributed by atoms with Gasteiger partial charge >= 0.3 is 12.1 Å². The molecule has 3 fully saturated rings. The van der Waals surface area contributed by atoms with E-state index >= 15 is 0 Å². The molecule has 2 atom stereocenters. The van der Waals surface area contributed by atoms with Gasteiger partial charge in [-0.1, -0.05) is 18.2 Å². The molecule has 3 amide bonds. The summed E-state index contributed by atoms with van der Waals surface area (Å²) >= 11 is 0. The minimum atomic E-state index is -1.04. The molecule has 3 aliphatic rings. The van der Waals surface area contributed by atoms with Crippen molar-refractivity contribution in [3.05, 3.63) is 65.2 Å². The van der Waals surface area contributed by atoms with Crippen LogP contribution in [0.3, 0.4) is 0 Å². The maximum absolute atomic E-state index is 13.7. The number of rotatable bonds is 4. The third kappa shape index (κ3) is 4.71. The third-order valence-corrected chi connectivity index (χ3v) is 7.31. The van der Waals surface area contributed by atoms with E-state index < -0.39 is 29.8 Å². The summed E-state index contributed by atoms with van der Waals surface area (Å²) in [6, 6.07) is 12.1. The second-order valence-electron chi connectivity index (χ2n) is 9.41. The number of benzene rings is 2. The third-order valence-electron chi connectivity index (χ3n) is 7.31. The summed E-state index contributed by atoms with van der Waals surface area (Å²) in [4.78, 5) is 30.8. The molecule has 2 aromatic rings. The summed E-state index contributed by atoms with van der Waals surface area (Å²) in [6.45, 7) is 3.10. The number of cyclic esters (lactones) is 1. The van der Waals surface area contributed by atoms with Crippen molar-refractivity contribution in [2.75, 3.05) is 37.7 Å². The minimum Gasteiger partial charge on any atom is -0.446 e. The van der Waals surface area contributed by atoms with Crippen molar-refractivity contribution >= 4 is 17.8 Å². The monoisotopic (exact) mass is 495 g/mol. The molecular formula is C26H27F2N5O3. The topological polar surface area (TPSA) is 88.9 Å². The van der Waals surface area contributed by atoms with Crippen molar-refractivity contribution in [1.82, 2.24) is 15.1 Å². The highest BCUT2D eigenvalue weighted by Gasteiger charge is 2.41. The summed E-state index contributed by atoms with van der Waals surface area (Å²) in [5.74, 6) is -2.04. The molecule has 0 aliphatic carbocycles. The maximum atomic E-state index is 13.7. The summed E-state index contributed by atoms with van der Waals surface area (Å²) < 4.78 is 32.1. The first-order valence-corrected chi connectivity index (χ1v) is 12.1. The van der Waals surface area contributed by atoms with Crippen LogP contribution in [0.1, 0.15) is 36.4 Å². The van der Waals surface area contributed by atoms with Crippen LogP contribution in [0.4, 0.5) is 24.1 Å². The van der Waals surface area contributed by atoms with Crippen LogP contribution in [-0.4, -0.2) is 66.8 Å². The first-order valence-electron chi connectivity index (χ1n) is 12.1. The molecule has 0 bridgehead atoms. The van der Waals surface area contributed by atoms with E-state index in [1.807, 2.05) is 24.3 Å². The number of amides is 3. The summed E-state index contributed by atoms with van der Waals surface area (Å²) in [6.07, 6.45) is 1.86. The lowest BCUT2D eigenvalue weighted by atomic mass is 10.0. The average molecular weight is 496 g/mol. The van der Waals surface area contributed by atoms with Gasteiger partial charge in [0.15, 0.2) is 11.6 Å². The molecule has 10 heteroatoms. The van der Waals surface area contributed by atoms with Crippen molar-refractivity contribution < 1.29 is 23.1 Å². The minimum absolute atomic E-state index is 0.110. The average Bonchev–Trinajstić information content (AvgIpc) is 3.52. The largest absolute Gasteiger partial charge is 0.446 e. The van der Waals surface area contributed by atoms with E-state index in [4.69, 9.17) is 4.74 Å². The fourth-order valence-corrected chi connectivity index (χ4v) is 5.41. The Balaban J connectivity index is 1.16. The molecule has 2 unspecified atom stereocenters. The van der Waals surface area contributed by atoms with E-state index in [1.54, 1.807) is 0 Å². The molecule has 0 spiro atoms. The highest BCUT2D eigenvalue weighted by atomic mass is 19.2. The van der Waals surface area contributed by atoms with Crippen LogP contribution in [-0.2, 0) is 4.74 Å². The van der Waals surface area contributed by atoms with Gasteiger partial charge in [0.2, 0.25) is 0 Å². The molecule has 2 aromatic carbocycles. The molecule has 3 saturated heterocycles. The van der Waals surface area contributed by atoms with E-state index in [-0.39, 0.29) is 12.6 Å². The van der Waals surface area contributed by atoms with Crippen LogP contribution in [0.15, 0.2) is 42.5 Å². The van der Waals surface area contributed by atoms with Crippen molar-refractivity contribution in [3.8, 4) is 6.07 Å². The van der Waals surface area contributed by atoms with Gasteiger partial charge in [0.1, 0.15) is 18.7 Å². The van der Waals surface area contributed by atoms with Gasteiger partial charge in [-0.25, -0.2) is 23.3 Å². The number of likely N-dealkylation sites (tertiary alicyclic amines) is 1. The van der Waals surface area contributed by atoms with Gasteiger partial charge in [-0.05, 0) is 49.1 Å². The molecule has 0 aromatic heterocycles. The van der Waals surface area contributed by atoms with Gasteiger partial charge in [0.05, 0.1) is 11.3 Å². The Kier molecular flexibility index (Phi) is 6.74. The van der Waals surface area contributed by atoms with Gasteiger partial charge in [-0.2, -0.15) is 5.26 Å². The lowest BCUT2D eigenvalue weighted by Crippen LogP contribution is -2.48. The van der Waals surface area contributed by atoms with Gasteiger partial charge in [0, 0.05) is 38.3 Å². The van der Waals surface area contributed by atoms with Crippen molar-refractivity contribution in [2.45, 2.75) is 37.4 Å². The molecule has 3 heterocycles. The number of hydrogen-bond acceptors (Lipinski definition) is 6. The van der Waals surface area contributed by atoms with Crippen LogP contribution < -0.4 is 10.2 Å². The predicted octanol–water partition coefficient (Wildman–Crippen LogP) is 3.78. The number of ether oxygens (including phenoxy) is 1. The SMILES string of the molecule is N#Cc1ccccc1N1CCC(N2CCC(NC(=O)N3C(=O)OCC3c3ccc(F)c(F)c3)C2)CC1. The van der Waals surface area contributed by atoms with Crippen molar-refractivity contribution in [3.63, 3.8) is 0 Å². The fourth-order valence-electron chi connectivity index (χ4n) is 5.41. The Hall–Kier alpha value is -3.71. The van der Waals surface area contributed by atoms with E-state index in [2.05, 4.69) is 21.2 Å². The number of nitrogens with one attached hydrogen (secondary N) is 1. The second-order valence-corrected chi connectivity index (χ2v) is 9.41. The van der Waals surface area contributed by atoms with Gasteiger partial charge in [-0.3, -0.25) is 4.90 Å². The van der Waals surface area contributed by atoms with Gasteiger partial charge in [-0.15, -0.1) is 0 Å². The number of carbonyl (C=O) groups excluding carboxylic acids is 2. The number of halogens is 2. The van der Waals surface area contributed by atoms with Gasteiger partial charge < -0.3 is 15.0 Å². The van der Waals surface area contributed by atoms with E-state index in [0.717, 1.165) is 61.6 Å². The number of nitrogens with zero attached hydrogens (tertiary/aromatic N) is 4. The Labute approximate surface area is 208 Å². The zero-order valence-corrected chi connectivity index (χ0v) is 19.7. The van der Waals surface area contributed by atoms with Crippen molar-refractivity contribution in [2.24, 2.45) is 0 Å². The quantitative estimate of drug-likeness (QED) is 0.695. The molecule has 0 saturated carbocycles. The molecule has 36 heavy (non-hydrogen) atoms. The Morgan fingerprint density at radius 1 is 1.06 bits per heavy atom. The predicted molar refractivity (Wildman–Crippen MR) is 127 cm³/mol. The number of imide groups is 1. The summed E-state index contributed by atoms with van der Waals surface area (Å²) in [5, 5.41) is 12.3. The molecule has 5 rings (SSSR count). The van der Waals surface area contributed by atoms with Crippen LogP contribution in [0, 0.1) is 23.0 Å². The maximum Gasteiger partial charge on any atom is 0.418 e. The van der Waals surface area contributed by atoms with Crippen LogP contribution in [0.2, 0.25) is 0 Å². The Bertz CT molecular complexity index is 1190. The van der Waals surface area contributed by atoms with Crippen LogP contribution in [0.5, 0.6) is 0 Å². The number of urea groups is 1. The number of nitriles is 1. The molecule has 8 nitrogen and oxygen atoms in total. The van der Waals surface area contributed by atoms with Gasteiger partial charge in [0.25, 0.3) is 0 Å². The molecule has 3 aliphatic heterocycles. The van der Waals surface area contributed by atoms with E-state index in [9.17, 15) is 23.6 Å². The zero-order chi connectivity index (χ0) is 25.2. The number of anilines is 1. The molecule has 188 valence electrons. The first-order chi connectivity index (χ1) is 17.4.